The number of anilines is 1. The molecule has 0 unspecified atom stereocenters. The largest absolute Gasteiger partial charge is 0.481 e. The van der Waals surface area contributed by atoms with E-state index in [4.69, 9.17) is 9.52 Å². The molecule has 1 aromatic rings. The number of hydrogen-bond donors (Lipinski definition) is 3. The van der Waals surface area contributed by atoms with Crippen LogP contribution in [0, 0.1) is 6.92 Å². The second kappa shape index (κ2) is 15.1. The summed E-state index contributed by atoms with van der Waals surface area (Å²) in [7, 11) is 0. The van der Waals surface area contributed by atoms with E-state index in [1.54, 1.807) is 6.92 Å². The zero-order chi connectivity index (χ0) is 19.7. The molecule has 0 saturated carbocycles. The van der Waals surface area contributed by atoms with Crippen molar-refractivity contribution in [1.82, 2.24) is 10.3 Å². The fourth-order valence-electron chi connectivity index (χ4n) is 2.92. The molecule has 0 fully saturated rings. The third-order valence-corrected chi connectivity index (χ3v) is 4.44. The predicted molar refractivity (Wildman–Crippen MR) is 106 cm³/mol. The smallest absolute Gasteiger partial charge is 0.322 e. The molecule has 154 valence electrons. The molecule has 0 aromatic carbocycles. The van der Waals surface area contributed by atoms with Crippen LogP contribution in [0.2, 0.25) is 0 Å². The summed E-state index contributed by atoms with van der Waals surface area (Å²) in [5, 5.41) is 13.9. The number of carbonyl (C=O) groups is 2. The summed E-state index contributed by atoms with van der Waals surface area (Å²) < 4.78 is 5.06. The van der Waals surface area contributed by atoms with Gasteiger partial charge in [0, 0.05) is 13.0 Å². The standard InChI is InChI=1S/C20H35N3O4/c1-17-16-27-20(22-17)23-19(26)21-15-13-11-9-7-5-3-2-4-6-8-10-12-14-18(24)25/h16H,2-15H2,1H3,(H,24,25)(H2,21,22,23,26). The van der Waals surface area contributed by atoms with Crippen molar-refractivity contribution in [1.29, 1.82) is 0 Å². The number of amides is 2. The van der Waals surface area contributed by atoms with Gasteiger partial charge in [-0.15, -0.1) is 0 Å². The van der Waals surface area contributed by atoms with Crippen LogP contribution in [0.1, 0.15) is 89.2 Å². The first-order chi connectivity index (χ1) is 13.1. The highest BCUT2D eigenvalue weighted by molar-refractivity contribution is 5.86. The molecule has 27 heavy (non-hydrogen) atoms. The zero-order valence-corrected chi connectivity index (χ0v) is 16.6. The van der Waals surface area contributed by atoms with Crippen LogP contribution in [0.15, 0.2) is 10.7 Å². The lowest BCUT2D eigenvalue weighted by Gasteiger charge is -2.05. The Labute approximate surface area is 162 Å². The van der Waals surface area contributed by atoms with Crippen LogP contribution in [0.5, 0.6) is 0 Å². The summed E-state index contributed by atoms with van der Waals surface area (Å²) in [6.07, 6.45) is 15.7. The predicted octanol–water partition coefficient (Wildman–Crippen LogP) is 5.26. The van der Waals surface area contributed by atoms with E-state index in [0.717, 1.165) is 37.8 Å². The molecular formula is C20H35N3O4. The van der Waals surface area contributed by atoms with E-state index in [0.29, 0.717) is 13.0 Å². The maximum atomic E-state index is 11.6. The Kier molecular flexibility index (Phi) is 12.8. The van der Waals surface area contributed by atoms with Gasteiger partial charge in [-0.2, -0.15) is 4.98 Å². The average Bonchev–Trinajstić information content (AvgIpc) is 3.02. The third-order valence-electron chi connectivity index (χ3n) is 4.44. The maximum absolute atomic E-state index is 11.6. The molecule has 1 aromatic heterocycles. The van der Waals surface area contributed by atoms with Crippen LogP contribution in [0.25, 0.3) is 0 Å². The summed E-state index contributed by atoms with van der Waals surface area (Å²) in [4.78, 5) is 26.0. The molecule has 0 spiro atoms. The van der Waals surface area contributed by atoms with Crippen molar-refractivity contribution in [3.8, 4) is 0 Å². The van der Waals surface area contributed by atoms with E-state index in [2.05, 4.69) is 15.6 Å². The lowest BCUT2D eigenvalue weighted by molar-refractivity contribution is -0.137. The first kappa shape index (κ1) is 23.0. The number of nitrogens with one attached hydrogen (secondary N) is 2. The number of carbonyl (C=O) groups excluding carboxylic acids is 1. The highest BCUT2D eigenvalue weighted by atomic mass is 16.4. The van der Waals surface area contributed by atoms with Crippen molar-refractivity contribution in [3.63, 3.8) is 0 Å². The zero-order valence-electron chi connectivity index (χ0n) is 16.6. The number of hydrogen-bond acceptors (Lipinski definition) is 4. The fourth-order valence-corrected chi connectivity index (χ4v) is 2.92. The van der Waals surface area contributed by atoms with E-state index in [9.17, 15) is 9.59 Å². The van der Waals surface area contributed by atoms with Crippen LogP contribution >= 0.6 is 0 Å². The minimum Gasteiger partial charge on any atom is -0.481 e. The molecular weight excluding hydrogens is 346 g/mol. The van der Waals surface area contributed by atoms with Crippen molar-refractivity contribution < 1.29 is 19.1 Å². The highest BCUT2D eigenvalue weighted by Crippen LogP contribution is 2.12. The van der Waals surface area contributed by atoms with Crippen LogP contribution < -0.4 is 10.6 Å². The monoisotopic (exact) mass is 381 g/mol. The summed E-state index contributed by atoms with van der Waals surface area (Å²) in [6, 6.07) is -0.0509. The van der Waals surface area contributed by atoms with Crippen molar-refractivity contribution in [2.45, 2.75) is 90.4 Å². The van der Waals surface area contributed by atoms with Gasteiger partial charge in [0.05, 0.1) is 5.69 Å². The Morgan fingerprint density at radius 1 is 0.926 bits per heavy atom. The molecule has 1 heterocycles. The maximum Gasteiger partial charge on any atom is 0.322 e. The minimum absolute atomic E-state index is 0.227. The summed E-state index contributed by atoms with van der Waals surface area (Å²) in [6.45, 7) is 2.46. The molecule has 0 atom stereocenters. The lowest BCUT2D eigenvalue weighted by Crippen LogP contribution is -2.29. The number of urea groups is 1. The number of oxazole rings is 1. The summed E-state index contributed by atoms with van der Waals surface area (Å²) in [5.41, 5.74) is 0.737. The fraction of sp³-hybridized carbons (Fsp3) is 0.750. The third kappa shape index (κ3) is 13.8. The Bertz CT molecular complexity index is 531. The molecule has 0 saturated heterocycles. The molecule has 0 bridgehead atoms. The molecule has 0 aliphatic rings. The molecule has 0 aliphatic heterocycles. The van der Waals surface area contributed by atoms with Crippen LogP contribution in [-0.4, -0.2) is 28.6 Å². The SMILES string of the molecule is Cc1coc(NC(=O)NCCCCCCCCCCCCCCC(=O)O)n1. The van der Waals surface area contributed by atoms with Gasteiger partial charge >= 0.3 is 18.0 Å². The first-order valence-corrected chi connectivity index (χ1v) is 10.3. The highest BCUT2D eigenvalue weighted by Gasteiger charge is 2.05. The Hall–Kier alpha value is -2.05. The molecule has 3 N–H and O–H groups in total. The Balaban J connectivity index is 1.77. The van der Waals surface area contributed by atoms with Gasteiger partial charge in [0.2, 0.25) is 0 Å². The number of carboxylic acids is 1. The number of nitrogens with zero attached hydrogens (tertiary/aromatic N) is 1. The topological polar surface area (TPSA) is 104 Å². The van der Waals surface area contributed by atoms with Crippen LogP contribution in [-0.2, 0) is 4.79 Å². The molecule has 7 heteroatoms. The quantitative estimate of drug-likeness (QED) is 0.339. The van der Waals surface area contributed by atoms with Gasteiger partial charge in [-0.25, -0.2) is 4.79 Å². The summed E-state index contributed by atoms with van der Waals surface area (Å²) >= 11 is 0. The molecule has 7 nitrogen and oxygen atoms in total. The number of aryl methyl sites for hydroxylation is 1. The van der Waals surface area contributed by atoms with E-state index in [1.165, 1.54) is 51.2 Å². The van der Waals surface area contributed by atoms with Gasteiger partial charge in [-0.05, 0) is 19.8 Å². The molecule has 0 radical (unpaired) electrons. The average molecular weight is 382 g/mol. The van der Waals surface area contributed by atoms with E-state index < -0.39 is 5.97 Å². The second-order valence-corrected chi connectivity index (χ2v) is 7.06. The van der Waals surface area contributed by atoms with E-state index >= 15 is 0 Å². The lowest BCUT2D eigenvalue weighted by atomic mass is 10.0. The van der Waals surface area contributed by atoms with Crippen molar-refractivity contribution >= 4 is 18.0 Å². The second-order valence-electron chi connectivity index (χ2n) is 7.06. The Morgan fingerprint density at radius 3 is 1.93 bits per heavy atom. The van der Waals surface area contributed by atoms with E-state index in [-0.39, 0.29) is 12.0 Å². The Morgan fingerprint density at radius 2 is 1.44 bits per heavy atom. The number of carboxylic acid groups (broad SMARTS) is 1. The summed E-state index contributed by atoms with van der Waals surface area (Å²) in [5.74, 6) is -0.685. The number of aliphatic carboxylic acids is 1. The van der Waals surface area contributed by atoms with Crippen LogP contribution in [0.4, 0.5) is 10.8 Å². The molecule has 1 rings (SSSR count). The normalized spacial score (nSPS) is 10.7. The first-order valence-electron chi connectivity index (χ1n) is 10.3. The molecule has 2 amide bonds. The minimum atomic E-state index is -0.685. The molecule has 0 aliphatic carbocycles. The number of rotatable bonds is 16. The number of unbranched alkanes of at least 4 members (excludes halogenated alkanes) is 11. The number of aromatic nitrogens is 1. The van der Waals surface area contributed by atoms with Crippen LogP contribution in [0.3, 0.4) is 0 Å². The van der Waals surface area contributed by atoms with Gasteiger partial charge in [-0.3, -0.25) is 10.1 Å². The van der Waals surface area contributed by atoms with Gasteiger partial charge in [0.1, 0.15) is 6.26 Å². The van der Waals surface area contributed by atoms with E-state index in [1.807, 2.05) is 0 Å². The van der Waals surface area contributed by atoms with Crippen molar-refractivity contribution in [3.05, 3.63) is 12.0 Å². The van der Waals surface area contributed by atoms with Gasteiger partial charge < -0.3 is 14.8 Å². The van der Waals surface area contributed by atoms with Gasteiger partial charge in [-0.1, -0.05) is 64.2 Å². The van der Waals surface area contributed by atoms with Crippen molar-refractivity contribution in [2.24, 2.45) is 0 Å². The van der Waals surface area contributed by atoms with Crippen molar-refractivity contribution in [2.75, 3.05) is 11.9 Å². The van der Waals surface area contributed by atoms with Gasteiger partial charge in [0.25, 0.3) is 0 Å². The van der Waals surface area contributed by atoms with Gasteiger partial charge in [0.15, 0.2) is 0 Å².